The first-order chi connectivity index (χ1) is 5.16. The summed E-state index contributed by atoms with van der Waals surface area (Å²) in [6.45, 7) is 0. The molecule has 60 valence electrons. The highest BCUT2D eigenvalue weighted by Gasteiger charge is 2.07. The summed E-state index contributed by atoms with van der Waals surface area (Å²) in [6.07, 6.45) is 0. The normalized spacial score (nSPS) is 9.82. The van der Waals surface area contributed by atoms with Crippen molar-refractivity contribution in [1.29, 1.82) is 0 Å². The Kier molecular flexibility index (Phi) is 3.36. The van der Waals surface area contributed by atoms with Crippen molar-refractivity contribution in [3.8, 4) is 5.75 Å². The van der Waals surface area contributed by atoms with Gasteiger partial charge in [-0.3, -0.25) is 0 Å². The summed E-state index contributed by atoms with van der Waals surface area (Å²) < 4.78 is 2.38. The van der Waals surface area contributed by atoms with Crippen LogP contribution in [0.4, 0.5) is 0 Å². The van der Waals surface area contributed by atoms with Crippen LogP contribution in [0.3, 0.4) is 0 Å². The number of halogens is 3. The Labute approximate surface area is 88.9 Å². The van der Waals surface area contributed by atoms with Crippen molar-refractivity contribution in [2.45, 2.75) is 0 Å². The summed E-state index contributed by atoms with van der Waals surface area (Å²) in [5.41, 5.74) is 0. The fourth-order valence-corrected chi connectivity index (χ4v) is 1.92. The lowest BCUT2D eigenvalue weighted by Crippen LogP contribution is -1.85. The van der Waals surface area contributed by atoms with Crippen LogP contribution in [0.1, 0.15) is 0 Å². The maximum Gasteiger partial charge on any atom is 0.180 e. The largest absolute Gasteiger partial charge is 0.339 e. The van der Waals surface area contributed by atoms with Crippen molar-refractivity contribution in [3.63, 3.8) is 0 Å². The van der Waals surface area contributed by atoms with Crippen molar-refractivity contribution in [2.75, 3.05) is 0 Å². The molecule has 0 aliphatic carbocycles. The third kappa shape index (κ3) is 1.96. The molecule has 1 aromatic carbocycles. The van der Waals surface area contributed by atoms with E-state index in [9.17, 15) is 0 Å². The van der Waals surface area contributed by atoms with E-state index in [-0.39, 0.29) is 0 Å². The van der Waals surface area contributed by atoms with Crippen molar-refractivity contribution < 1.29 is 10.1 Å². The predicted octanol–water partition coefficient (Wildman–Crippen LogP) is 3.83. The molecule has 0 aliphatic rings. The van der Waals surface area contributed by atoms with Crippen LogP contribution >= 0.6 is 47.8 Å². The zero-order valence-electron chi connectivity index (χ0n) is 5.14. The Bertz CT molecular complexity index is 275. The van der Waals surface area contributed by atoms with E-state index in [1.807, 2.05) is 0 Å². The molecule has 0 radical (unpaired) electrons. The number of hydrogen-bond donors (Lipinski definition) is 1. The minimum absolute atomic E-state index is 0.375. The topological polar surface area (TPSA) is 29.5 Å². The molecule has 0 saturated carbocycles. The maximum absolute atomic E-state index is 8.37. The van der Waals surface area contributed by atoms with Crippen LogP contribution in [0.2, 0.25) is 0 Å². The number of hydrogen-bond acceptors (Lipinski definition) is 2. The first kappa shape index (κ1) is 9.51. The molecule has 0 saturated heterocycles. The van der Waals surface area contributed by atoms with Crippen LogP contribution in [-0.2, 0) is 0 Å². The molecule has 0 spiro atoms. The lowest BCUT2D eigenvalue weighted by atomic mass is 10.3. The molecule has 0 atom stereocenters. The van der Waals surface area contributed by atoms with Crippen molar-refractivity contribution in [3.05, 3.63) is 25.6 Å². The quantitative estimate of drug-likeness (QED) is 0.476. The first-order valence-electron chi connectivity index (χ1n) is 2.61. The zero-order chi connectivity index (χ0) is 8.43. The highest BCUT2D eigenvalue weighted by atomic mass is 79.9. The minimum atomic E-state index is 0.375. The molecule has 1 aromatic rings. The summed E-state index contributed by atoms with van der Waals surface area (Å²) in [5, 5.41) is 8.37. The molecule has 0 bridgehead atoms. The highest BCUT2D eigenvalue weighted by molar-refractivity contribution is 9.14. The molecule has 11 heavy (non-hydrogen) atoms. The Morgan fingerprint density at radius 1 is 1.09 bits per heavy atom. The lowest BCUT2D eigenvalue weighted by molar-refractivity contribution is -0.138. The molecule has 0 amide bonds. The molecule has 0 aromatic heterocycles. The van der Waals surface area contributed by atoms with Gasteiger partial charge < -0.3 is 4.89 Å². The third-order valence-corrected chi connectivity index (χ3v) is 4.43. The Morgan fingerprint density at radius 2 is 1.73 bits per heavy atom. The van der Waals surface area contributed by atoms with Gasteiger partial charge in [-0.1, -0.05) is 0 Å². The fourth-order valence-electron chi connectivity index (χ4n) is 0.579. The smallest absolute Gasteiger partial charge is 0.180 e. The van der Waals surface area contributed by atoms with Gasteiger partial charge in [-0.25, -0.2) is 5.26 Å². The van der Waals surface area contributed by atoms with Crippen LogP contribution < -0.4 is 4.89 Å². The maximum atomic E-state index is 8.37. The summed E-state index contributed by atoms with van der Waals surface area (Å²) in [6, 6.07) is 3.40. The van der Waals surface area contributed by atoms with Gasteiger partial charge in [0.05, 0.1) is 4.47 Å². The van der Waals surface area contributed by atoms with Gasteiger partial charge in [0.25, 0.3) is 0 Å². The van der Waals surface area contributed by atoms with E-state index in [2.05, 4.69) is 52.7 Å². The van der Waals surface area contributed by atoms with Gasteiger partial charge in [0, 0.05) is 8.95 Å². The molecule has 1 N–H and O–H groups in total. The Balaban J connectivity index is 3.25. The standard InChI is InChI=1S/C6H3Br3O2/c7-3-1-2-4(11-10)6(9)5(3)8/h1-2,10H. The van der Waals surface area contributed by atoms with Crippen LogP contribution in [0.5, 0.6) is 5.75 Å². The van der Waals surface area contributed by atoms with Crippen molar-refractivity contribution in [2.24, 2.45) is 0 Å². The summed E-state index contributed by atoms with van der Waals surface area (Å²) in [7, 11) is 0. The van der Waals surface area contributed by atoms with Crippen molar-refractivity contribution >= 4 is 47.8 Å². The van der Waals surface area contributed by atoms with Crippen LogP contribution in [0.15, 0.2) is 25.6 Å². The van der Waals surface area contributed by atoms with E-state index in [4.69, 9.17) is 5.26 Å². The zero-order valence-corrected chi connectivity index (χ0v) is 9.90. The SMILES string of the molecule is OOc1ccc(Br)c(Br)c1Br. The molecular formula is C6H3Br3O2. The van der Waals surface area contributed by atoms with Crippen molar-refractivity contribution in [1.82, 2.24) is 0 Å². The minimum Gasteiger partial charge on any atom is -0.339 e. The highest BCUT2D eigenvalue weighted by Crippen LogP contribution is 2.37. The second-order valence-corrected chi connectivity index (χ2v) is 4.21. The van der Waals surface area contributed by atoms with Gasteiger partial charge in [0.15, 0.2) is 5.75 Å². The van der Waals surface area contributed by atoms with Crippen LogP contribution in [0, 0.1) is 0 Å². The van der Waals surface area contributed by atoms with E-state index >= 15 is 0 Å². The molecule has 0 aliphatic heterocycles. The number of rotatable bonds is 1. The van der Waals surface area contributed by atoms with E-state index < -0.39 is 0 Å². The molecule has 0 heterocycles. The van der Waals surface area contributed by atoms with E-state index in [0.29, 0.717) is 10.2 Å². The average molecular weight is 347 g/mol. The monoisotopic (exact) mass is 344 g/mol. The van der Waals surface area contributed by atoms with E-state index in [1.165, 1.54) is 0 Å². The van der Waals surface area contributed by atoms with E-state index in [0.717, 1.165) is 8.95 Å². The van der Waals surface area contributed by atoms with Gasteiger partial charge in [-0.05, 0) is 59.9 Å². The first-order valence-corrected chi connectivity index (χ1v) is 4.99. The second kappa shape index (κ2) is 3.89. The molecule has 0 fully saturated rings. The summed E-state index contributed by atoms with van der Waals surface area (Å²) in [5.74, 6) is 0.375. The van der Waals surface area contributed by atoms with Gasteiger partial charge >= 0.3 is 0 Å². The lowest BCUT2D eigenvalue weighted by Gasteiger charge is -2.03. The molecule has 0 unspecified atom stereocenters. The van der Waals surface area contributed by atoms with E-state index in [1.54, 1.807) is 12.1 Å². The number of benzene rings is 1. The predicted molar refractivity (Wildman–Crippen MR) is 52.8 cm³/mol. The molecule has 1 rings (SSSR count). The summed E-state index contributed by atoms with van der Waals surface area (Å²) >= 11 is 9.81. The van der Waals surface area contributed by atoms with Crippen LogP contribution in [0.25, 0.3) is 0 Å². The van der Waals surface area contributed by atoms with Gasteiger partial charge in [-0.2, -0.15) is 0 Å². The Hall–Kier alpha value is 0.420. The molecular weight excluding hydrogens is 344 g/mol. The molecule has 5 heteroatoms. The Morgan fingerprint density at radius 3 is 2.27 bits per heavy atom. The van der Waals surface area contributed by atoms with Crippen LogP contribution in [-0.4, -0.2) is 5.26 Å². The second-order valence-electron chi connectivity index (χ2n) is 1.76. The van der Waals surface area contributed by atoms with Gasteiger partial charge in [-0.15, -0.1) is 0 Å². The summed E-state index contributed by atoms with van der Waals surface area (Å²) in [4.78, 5) is 4.08. The average Bonchev–Trinajstić information content (AvgIpc) is 2.01. The fraction of sp³-hybridized carbons (Fsp3) is 0. The van der Waals surface area contributed by atoms with Gasteiger partial charge in [0.2, 0.25) is 0 Å². The van der Waals surface area contributed by atoms with Gasteiger partial charge in [0.1, 0.15) is 0 Å². The third-order valence-electron chi connectivity index (χ3n) is 1.10. The molecule has 2 nitrogen and oxygen atoms in total.